The van der Waals surface area contributed by atoms with Gasteiger partial charge >= 0.3 is 5.97 Å². The second-order valence-electron chi connectivity index (χ2n) is 7.48. The Kier molecular flexibility index (Phi) is 6.39. The molecule has 0 spiro atoms. The second-order valence-corrected chi connectivity index (χ2v) is 7.48. The van der Waals surface area contributed by atoms with Crippen molar-refractivity contribution in [2.75, 3.05) is 6.61 Å². The van der Waals surface area contributed by atoms with Gasteiger partial charge in [-0.2, -0.15) is 0 Å². The molecule has 0 saturated carbocycles. The van der Waals surface area contributed by atoms with E-state index in [2.05, 4.69) is 9.97 Å². The molecule has 8 nitrogen and oxygen atoms in total. The fourth-order valence-corrected chi connectivity index (χ4v) is 3.73. The van der Waals surface area contributed by atoms with E-state index in [1.54, 1.807) is 29.7 Å². The molecule has 8 heteroatoms. The summed E-state index contributed by atoms with van der Waals surface area (Å²) in [6, 6.07) is 15.8. The third-order valence-corrected chi connectivity index (χ3v) is 5.39. The SMILES string of the molecule is O=C(O)c1cc(-c2ccc(CCCO)cc2)ccc1-c1cc(C(=O)NO)c2cnccc2n1. The van der Waals surface area contributed by atoms with Crippen LogP contribution in [-0.2, 0) is 6.42 Å². The highest BCUT2D eigenvalue weighted by molar-refractivity contribution is 6.07. The van der Waals surface area contributed by atoms with Gasteiger partial charge in [0.1, 0.15) is 0 Å². The number of carboxylic acids is 1. The van der Waals surface area contributed by atoms with E-state index in [0.717, 1.165) is 23.1 Å². The first-order chi connectivity index (χ1) is 16.0. The third kappa shape index (κ3) is 4.57. The lowest BCUT2D eigenvalue weighted by atomic mass is 9.95. The van der Waals surface area contributed by atoms with E-state index in [1.807, 2.05) is 24.3 Å². The second kappa shape index (κ2) is 9.56. The number of fused-ring (bicyclic) bond motifs is 1. The first-order valence-electron chi connectivity index (χ1n) is 10.3. The van der Waals surface area contributed by atoms with Gasteiger partial charge in [-0.15, -0.1) is 0 Å². The Morgan fingerprint density at radius 3 is 2.39 bits per heavy atom. The Bertz CT molecular complexity index is 1340. The van der Waals surface area contributed by atoms with Gasteiger partial charge in [0.05, 0.1) is 22.3 Å². The summed E-state index contributed by atoms with van der Waals surface area (Å²) in [4.78, 5) is 32.8. The molecule has 0 atom stereocenters. The van der Waals surface area contributed by atoms with Gasteiger partial charge in [0.2, 0.25) is 0 Å². The molecule has 0 aliphatic heterocycles. The quantitative estimate of drug-likeness (QED) is 0.253. The van der Waals surface area contributed by atoms with Crippen LogP contribution in [0.5, 0.6) is 0 Å². The molecule has 0 saturated heterocycles. The van der Waals surface area contributed by atoms with Crippen molar-refractivity contribution in [3.8, 4) is 22.4 Å². The van der Waals surface area contributed by atoms with Crippen LogP contribution in [0.3, 0.4) is 0 Å². The van der Waals surface area contributed by atoms with Crippen LogP contribution in [0.15, 0.2) is 67.0 Å². The van der Waals surface area contributed by atoms with E-state index >= 15 is 0 Å². The van der Waals surface area contributed by atoms with Crippen molar-refractivity contribution in [2.45, 2.75) is 12.8 Å². The number of hydrogen-bond acceptors (Lipinski definition) is 6. The molecule has 0 unspecified atom stereocenters. The number of carboxylic acid groups (broad SMARTS) is 1. The summed E-state index contributed by atoms with van der Waals surface area (Å²) < 4.78 is 0. The average Bonchev–Trinajstić information content (AvgIpc) is 2.86. The van der Waals surface area contributed by atoms with Gasteiger partial charge in [-0.3, -0.25) is 15.0 Å². The summed E-state index contributed by atoms with van der Waals surface area (Å²) in [6.07, 6.45) is 4.43. The minimum Gasteiger partial charge on any atom is -0.478 e. The van der Waals surface area contributed by atoms with Crippen LogP contribution in [0.1, 0.15) is 32.7 Å². The number of nitrogens with zero attached hydrogens (tertiary/aromatic N) is 2. The number of hydroxylamine groups is 1. The number of benzene rings is 2. The number of aromatic nitrogens is 2. The highest BCUT2D eigenvalue weighted by atomic mass is 16.5. The molecule has 1 amide bonds. The number of amides is 1. The largest absolute Gasteiger partial charge is 0.478 e. The lowest BCUT2D eigenvalue weighted by Gasteiger charge is -2.12. The van der Waals surface area contributed by atoms with E-state index in [4.69, 9.17) is 10.3 Å². The Labute approximate surface area is 189 Å². The normalized spacial score (nSPS) is 10.8. The average molecular weight is 443 g/mol. The monoisotopic (exact) mass is 443 g/mol. The van der Waals surface area contributed by atoms with Gasteiger partial charge in [-0.25, -0.2) is 15.3 Å². The maximum absolute atomic E-state index is 12.2. The number of nitrogens with one attached hydrogen (secondary N) is 1. The maximum Gasteiger partial charge on any atom is 0.336 e. The van der Waals surface area contributed by atoms with Gasteiger partial charge in [0.15, 0.2) is 0 Å². The molecule has 0 aliphatic rings. The fraction of sp³-hybridized carbons (Fsp3) is 0.120. The Balaban J connectivity index is 1.80. The summed E-state index contributed by atoms with van der Waals surface area (Å²) >= 11 is 0. The zero-order valence-corrected chi connectivity index (χ0v) is 17.5. The van der Waals surface area contributed by atoms with Gasteiger partial charge < -0.3 is 10.2 Å². The van der Waals surface area contributed by atoms with Crippen molar-refractivity contribution in [2.24, 2.45) is 0 Å². The first-order valence-corrected chi connectivity index (χ1v) is 10.3. The summed E-state index contributed by atoms with van der Waals surface area (Å²) in [6.45, 7) is 0.131. The molecule has 4 N–H and O–H groups in total. The minimum absolute atomic E-state index is 0.0353. The van der Waals surface area contributed by atoms with Gasteiger partial charge in [-0.05, 0) is 47.7 Å². The van der Waals surface area contributed by atoms with Gasteiger partial charge in [0.25, 0.3) is 5.91 Å². The standard InChI is InChI=1S/C25H21N3O5/c29-11-1-2-15-3-5-16(6-4-15)17-7-8-18(20(12-17)25(31)32)23-13-19(24(30)28-33)21-14-26-10-9-22(21)27-23/h3-10,12-14,29,33H,1-2,11H2,(H,28,30)(H,31,32). The summed E-state index contributed by atoms with van der Waals surface area (Å²) in [5.41, 5.74) is 5.52. The molecule has 0 bridgehead atoms. The third-order valence-electron chi connectivity index (χ3n) is 5.39. The molecule has 4 aromatic rings. The van der Waals surface area contributed by atoms with E-state index < -0.39 is 11.9 Å². The fourth-order valence-electron chi connectivity index (χ4n) is 3.73. The number of aliphatic hydroxyl groups excluding tert-OH is 1. The number of aryl methyl sites for hydroxylation is 1. The zero-order valence-electron chi connectivity index (χ0n) is 17.5. The highest BCUT2D eigenvalue weighted by Crippen LogP contribution is 2.31. The number of carbonyl (C=O) groups excluding carboxylic acids is 1. The summed E-state index contributed by atoms with van der Waals surface area (Å²) in [7, 11) is 0. The van der Waals surface area contributed by atoms with E-state index in [-0.39, 0.29) is 23.4 Å². The lowest BCUT2D eigenvalue weighted by molar-refractivity contribution is 0.0695. The van der Waals surface area contributed by atoms with Crippen LogP contribution >= 0.6 is 0 Å². The highest BCUT2D eigenvalue weighted by Gasteiger charge is 2.18. The Morgan fingerprint density at radius 1 is 0.939 bits per heavy atom. The molecule has 0 fully saturated rings. The van der Waals surface area contributed by atoms with Crippen LogP contribution in [0.2, 0.25) is 0 Å². The predicted octanol–water partition coefficient (Wildman–Crippen LogP) is 3.71. The maximum atomic E-state index is 12.2. The minimum atomic E-state index is -1.13. The molecule has 0 radical (unpaired) electrons. The number of aliphatic hydroxyl groups is 1. The van der Waals surface area contributed by atoms with Crippen molar-refractivity contribution in [3.63, 3.8) is 0 Å². The van der Waals surface area contributed by atoms with Crippen LogP contribution in [-0.4, -0.2) is 43.9 Å². The summed E-state index contributed by atoms with van der Waals surface area (Å²) in [5, 5.41) is 28.4. The van der Waals surface area contributed by atoms with E-state index in [9.17, 15) is 14.7 Å². The molecule has 2 heterocycles. The Hall–Kier alpha value is -4.14. The molecule has 4 rings (SSSR count). The van der Waals surface area contributed by atoms with Crippen LogP contribution in [0, 0.1) is 0 Å². The molecule has 2 aromatic heterocycles. The van der Waals surface area contributed by atoms with Crippen molar-refractivity contribution < 1.29 is 25.0 Å². The summed E-state index contributed by atoms with van der Waals surface area (Å²) in [5.74, 6) is -1.87. The van der Waals surface area contributed by atoms with Crippen molar-refractivity contribution in [1.29, 1.82) is 0 Å². The molecule has 166 valence electrons. The van der Waals surface area contributed by atoms with Crippen molar-refractivity contribution in [3.05, 3.63) is 83.7 Å². The Morgan fingerprint density at radius 2 is 1.70 bits per heavy atom. The number of aromatic carboxylic acids is 1. The van der Waals surface area contributed by atoms with Crippen LogP contribution < -0.4 is 5.48 Å². The van der Waals surface area contributed by atoms with Crippen molar-refractivity contribution in [1.82, 2.24) is 15.4 Å². The van der Waals surface area contributed by atoms with E-state index in [0.29, 0.717) is 22.9 Å². The topological polar surface area (TPSA) is 133 Å². The van der Waals surface area contributed by atoms with Gasteiger partial charge in [-0.1, -0.05) is 36.4 Å². The molecular weight excluding hydrogens is 422 g/mol. The number of pyridine rings is 2. The van der Waals surface area contributed by atoms with Crippen LogP contribution in [0.25, 0.3) is 33.3 Å². The molecule has 0 aliphatic carbocycles. The lowest BCUT2D eigenvalue weighted by Crippen LogP contribution is -2.19. The first kappa shape index (κ1) is 22.1. The smallest absolute Gasteiger partial charge is 0.336 e. The zero-order chi connectivity index (χ0) is 23.4. The van der Waals surface area contributed by atoms with Crippen molar-refractivity contribution >= 4 is 22.8 Å². The van der Waals surface area contributed by atoms with Gasteiger partial charge in [0, 0.05) is 30.0 Å². The number of rotatable bonds is 7. The predicted molar refractivity (Wildman–Crippen MR) is 122 cm³/mol. The van der Waals surface area contributed by atoms with E-state index in [1.165, 1.54) is 18.5 Å². The number of hydrogen-bond donors (Lipinski definition) is 4. The molecule has 33 heavy (non-hydrogen) atoms. The number of carbonyl (C=O) groups is 2. The van der Waals surface area contributed by atoms with Crippen LogP contribution in [0.4, 0.5) is 0 Å². The molecule has 2 aromatic carbocycles. The molecular formula is C25H21N3O5.